The molecule has 0 N–H and O–H groups in total. The lowest BCUT2D eigenvalue weighted by Gasteiger charge is -2.20. The summed E-state index contributed by atoms with van der Waals surface area (Å²) < 4.78 is 0. The summed E-state index contributed by atoms with van der Waals surface area (Å²) in [6.07, 6.45) is 6.15. The van der Waals surface area contributed by atoms with Crippen LogP contribution in [0.5, 0.6) is 0 Å². The Morgan fingerprint density at radius 2 is 1.48 bits per heavy atom. The predicted octanol–water partition coefficient (Wildman–Crippen LogP) is 5.77. The summed E-state index contributed by atoms with van der Waals surface area (Å²) in [5.41, 5.74) is 5.77. The number of hydrogen-bond donors (Lipinski definition) is 0. The van der Waals surface area contributed by atoms with E-state index in [-0.39, 0.29) is 0 Å². The van der Waals surface area contributed by atoms with Gasteiger partial charge in [-0.15, -0.1) is 0 Å². The zero-order valence-corrected chi connectivity index (χ0v) is 14.9. The van der Waals surface area contributed by atoms with Crippen molar-refractivity contribution in [2.75, 3.05) is 18.0 Å². The van der Waals surface area contributed by atoms with Gasteiger partial charge in [-0.2, -0.15) is 0 Å². The maximum Gasteiger partial charge on any atom is 0.0707 e. The van der Waals surface area contributed by atoms with Crippen LogP contribution in [0.1, 0.15) is 25.0 Å². The van der Waals surface area contributed by atoms with Crippen LogP contribution in [0.25, 0.3) is 23.4 Å². The molecular weight excluding hydrogens is 304 g/mol. The predicted molar refractivity (Wildman–Crippen MR) is 109 cm³/mol. The van der Waals surface area contributed by atoms with Crippen molar-refractivity contribution in [3.05, 3.63) is 84.1 Å². The van der Waals surface area contributed by atoms with E-state index < -0.39 is 0 Å². The molecule has 0 amide bonds. The summed E-state index contributed by atoms with van der Waals surface area (Å²) in [6.45, 7) is 6.44. The molecule has 126 valence electrons. The molecular formula is C23H24N2. The first-order chi connectivity index (χ1) is 12.3. The minimum atomic E-state index is 1.000. The van der Waals surface area contributed by atoms with Crippen molar-refractivity contribution >= 4 is 17.8 Å². The van der Waals surface area contributed by atoms with Crippen molar-refractivity contribution in [3.8, 4) is 11.3 Å². The second kappa shape index (κ2) is 8.29. The number of nitrogens with zero attached hydrogens (tertiary/aromatic N) is 2. The summed E-state index contributed by atoms with van der Waals surface area (Å²) in [6, 6.07) is 23.1. The molecule has 0 unspecified atom stereocenters. The van der Waals surface area contributed by atoms with E-state index in [4.69, 9.17) is 0 Å². The molecule has 1 aromatic heterocycles. The first kappa shape index (κ1) is 17.0. The van der Waals surface area contributed by atoms with Crippen LogP contribution >= 0.6 is 0 Å². The van der Waals surface area contributed by atoms with E-state index in [1.165, 1.54) is 11.3 Å². The van der Waals surface area contributed by atoms with Crippen LogP contribution in [0.15, 0.2) is 72.9 Å². The number of pyridine rings is 1. The molecule has 0 aliphatic rings. The van der Waals surface area contributed by atoms with Gasteiger partial charge < -0.3 is 4.90 Å². The Morgan fingerprint density at radius 1 is 0.800 bits per heavy atom. The second-order valence-corrected chi connectivity index (χ2v) is 5.94. The Kier molecular flexibility index (Phi) is 5.63. The molecule has 0 aliphatic heterocycles. The van der Waals surface area contributed by atoms with Crippen LogP contribution in [0.2, 0.25) is 0 Å². The summed E-state index contributed by atoms with van der Waals surface area (Å²) in [5, 5.41) is 0. The van der Waals surface area contributed by atoms with Gasteiger partial charge in [0.1, 0.15) is 0 Å². The Balaban J connectivity index is 1.76. The van der Waals surface area contributed by atoms with Gasteiger partial charge in [-0.25, -0.2) is 0 Å². The average Bonchev–Trinajstić information content (AvgIpc) is 2.69. The third-order valence-electron chi connectivity index (χ3n) is 4.34. The van der Waals surface area contributed by atoms with Crippen LogP contribution in [0, 0.1) is 0 Å². The Morgan fingerprint density at radius 3 is 2.16 bits per heavy atom. The lowest BCUT2D eigenvalue weighted by molar-refractivity contribution is 0.866. The molecule has 0 saturated carbocycles. The molecule has 0 bridgehead atoms. The SMILES string of the molecule is CCN(CC)c1ccc(/C=C/c2ccnc(-c3ccccc3)c2)cc1. The van der Waals surface area contributed by atoms with E-state index in [0.29, 0.717) is 0 Å². The van der Waals surface area contributed by atoms with E-state index >= 15 is 0 Å². The minimum absolute atomic E-state index is 1.000. The highest BCUT2D eigenvalue weighted by atomic mass is 15.1. The first-order valence-electron chi connectivity index (χ1n) is 8.84. The number of rotatable bonds is 6. The standard InChI is InChI=1S/C23H24N2/c1-3-25(4-2)22-14-12-19(13-15-22)10-11-20-16-17-24-23(18-20)21-8-6-5-7-9-21/h5-18H,3-4H2,1-2H3/b11-10+. The topological polar surface area (TPSA) is 16.1 Å². The highest BCUT2D eigenvalue weighted by molar-refractivity contribution is 5.72. The van der Waals surface area contributed by atoms with Gasteiger partial charge in [0.2, 0.25) is 0 Å². The molecule has 3 rings (SSSR count). The quantitative estimate of drug-likeness (QED) is 0.571. The van der Waals surface area contributed by atoms with Gasteiger partial charge in [-0.3, -0.25) is 4.98 Å². The van der Waals surface area contributed by atoms with E-state index in [1.54, 1.807) is 0 Å². The van der Waals surface area contributed by atoms with Gasteiger partial charge in [-0.1, -0.05) is 54.6 Å². The maximum absolute atomic E-state index is 4.48. The van der Waals surface area contributed by atoms with Crippen LogP contribution in [0.3, 0.4) is 0 Å². The lowest BCUT2D eigenvalue weighted by atomic mass is 10.1. The third-order valence-corrected chi connectivity index (χ3v) is 4.34. The van der Waals surface area contributed by atoms with Crippen LogP contribution < -0.4 is 4.90 Å². The molecule has 2 nitrogen and oxygen atoms in total. The summed E-state index contributed by atoms with van der Waals surface area (Å²) >= 11 is 0. The molecule has 0 aliphatic carbocycles. The van der Waals surface area contributed by atoms with Gasteiger partial charge >= 0.3 is 0 Å². The van der Waals surface area contributed by atoms with Gasteiger partial charge in [0.15, 0.2) is 0 Å². The highest BCUT2D eigenvalue weighted by Crippen LogP contribution is 2.19. The van der Waals surface area contributed by atoms with Gasteiger partial charge in [-0.05, 0) is 49.2 Å². The molecule has 2 heteroatoms. The van der Waals surface area contributed by atoms with E-state index in [2.05, 4.69) is 78.3 Å². The molecule has 0 saturated heterocycles. The fourth-order valence-corrected chi connectivity index (χ4v) is 2.89. The number of anilines is 1. The second-order valence-electron chi connectivity index (χ2n) is 5.94. The van der Waals surface area contributed by atoms with Gasteiger partial charge in [0.25, 0.3) is 0 Å². The Bertz CT molecular complexity index is 816. The monoisotopic (exact) mass is 328 g/mol. The van der Waals surface area contributed by atoms with E-state index in [0.717, 1.165) is 29.9 Å². The smallest absolute Gasteiger partial charge is 0.0707 e. The number of hydrogen-bond acceptors (Lipinski definition) is 2. The average molecular weight is 328 g/mol. The maximum atomic E-state index is 4.48. The van der Waals surface area contributed by atoms with E-state index in [9.17, 15) is 0 Å². The summed E-state index contributed by atoms with van der Waals surface area (Å²) in [7, 11) is 0. The zero-order valence-electron chi connectivity index (χ0n) is 14.9. The minimum Gasteiger partial charge on any atom is -0.372 e. The molecule has 25 heavy (non-hydrogen) atoms. The van der Waals surface area contributed by atoms with Crippen molar-refractivity contribution in [1.29, 1.82) is 0 Å². The zero-order chi connectivity index (χ0) is 17.5. The van der Waals surface area contributed by atoms with Gasteiger partial charge in [0.05, 0.1) is 5.69 Å². The van der Waals surface area contributed by atoms with Gasteiger partial charge in [0, 0.05) is 30.5 Å². The molecule has 1 heterocycles. The van der Waals surface area contributed by atoms with Crippen LogP contribution in [-0.4, -0.2) is 18.1 Å². The Labute approximate surface area is 150 Å². The van der Waals surface area contributed by atoms with Crippen molar-refractivity contribution < 1.29 is 0 Å². The molecule has 0 radical (unpaired) electrons. The first-order valence-corrected chi connectivity index (χ1v) is 8.84. The molecule has 3 aromatic rings. The summed E-state index contributed by atoms with van der Waals surface area (Å²) in [5.74, 6) is 0. The molecule has 0 atom stereocenters. The lowest BCUT2D eigenvalue weighted by Crippen LogP contribution is -2.21. The van der Waals surface area contributed by atoms with E-state index in [1.807, 2.05) is 30.5 Å². The fraction of sp³-hybridized carbons (Fsp3) is 0.174. The Hall–Kier alpha value is -2.87. The number of benzene rings is 2. The highest BCUT2D eigenvalue weighted by Gasteiger charge is 2.01. The fourth-order valence-electron chi connectivity index (χ4n) is 2.89. The third kappa shape index (κ3) is 4.36. The number of aromatic nitrogens is 1. The normalized spacial score (nSPS) is 11.0. The van der Waals surface area contributed by atoms with Crippen molar-refractivity contribution in [3.63, 3.8) is 0 Å². The molecule has 0 spiro atoms. The van der Waals surface area contributed by atoms with Crippen molar-refractivity contribution in [1.82, 2.24) is 4.98 Å². The van der Waals surface area contributed by atoms with Crippen molar-refractivity contribution in [2.45, 2.75) is 13.8 Å². The molecule has 0 fully saturated rings. The summed E-state index contributed by atoms with van der Waals surface area (Å²) in [4.78, 5) is 6.82. The molecule has 2 aromatic carbocycles. The largest absolute Gasteiger partial charge is 0.372 e. The van der Waals surface area contributed by atoms with Crippen LogP contribution in [0.4, 0.5) is 5.69 Å². The van der Waals surface area contributed by atoms with Crippen LogP contribution in [-0.2, 0) is 0 Å². The van der Waals surface area contributed by atoms with Crippen molar-refractivity contribution in [2.24, 2.45) is 0 Å².